The highest BCUT2D eigenvalue weighted by Gasteiger charge is 2.24. The van der Waals surface area contributed by atoms with Crippen molar-refractivity contribution in [1.29, 1.82) is 0 Å². The Morgan fingerprint density at radius 3 is 2.50 bits per heavy atom. The van der Waals surface area contributed by atoms with Crippen molar-refractivity contribution in [3.05, 3.63) is 0 Å². The minimum atomic E-state index is -0.250. The van der Waals surface area contributed by atoms with Crippen molar-refractivity contribution in [2.45, 2.75) is 32.2 Å². The summed E-state index contributed by atoms with van der Waals surface area (Å²) in [4.78, 5) is 27.6. The van der Waals surface area contributed by atoms with E-state index in [9.17, 15) is 9.59 Å². The van der Waals surface area contributed by atoms with Crippen molar-refractivity contribution >= 4 is 12.0 Å². The second kappa shape index (κ2) is 8.95. The van der Waals surface area contributed by atoms with Crippen LogP contribution in [-0.2, 0) is 14.3 Å². The number of carbonyl (C=O) groups excluding carboxylic acids is 2. The topological polar surface area (TPSA) is 71.1 Å². The maximum absolute atomic E-state index is 12.0. The minimum Gasteiger partial charge on any atom is -0.450 e. The lowest BCUT2D eigenvalue weighted by atomic mass is 10.1. The number of piperidine rings is 1. The van der Waals surface area contributed by atoms with Gasteiger partial charge in [0.1, 0.15) is 0 Å². The lowest BCUT2D eigenvalue weighted by molar-refractivity contribution is -0.122. The third-order valence-electron chi connectivity index (χ3n) is 4.14. The van der Waals surface area contributed by atoms with Crippen LogP contribution in [0.25, 0.3) is 0 Å². The molecule has 2 saturated heterocycles. The number of hydrogen-bond donors (Lipinski definition) is 1. The van der Waals surface area contributed by atoms with E-state index in [-0.39, 0.29) is 18.0 Å². The van der Waals surface area contributed by atoms with Crippen LogP contribution < -0.4 is 5.32 Å². The number of morpholine rings is 1. The quantitative estimate of drug-likeness (QED) is 0.798. The molecule has 0 bridgehead atoms. The van der Waals surface area contributed by atoms with Crippen LogP contribution in [0.3, 0.4) is 0 Å². The number of rotatable bonds is 5. The van der Waals surface area contributed by atoms with Crippen LogP contribution in [-0.4, -0.2) is 80.4 Å². The molecule has 2 fully saturated rings. The van der Waals surface area contributed by atoms with Gasteiger partial charge < -0.3 is 19.7 Å². The fraction of sp³-hybridized carbons (Fsp3) is 0.867. The SMILES string of the molecule is CCOC(=O)N1CCC(NC(=O)CCN2CCOCC2)CC1. The molecule has 0 saturated carbocycles. The van der Waals surface area contributed by atoms with Crippen molar-refractivity contribution in [1.82, 2.24) is 15.1 Å². The molecular formula is C15H27N3O4. The van der Waals surface area contributed by atoms with Gasteiger partial charge in [0.05, 0.1) is 19.8 Å². The second-order valence-electron chi connectivity index (χ2n) is 5.73. The van der Waals surface area contributed by atoms with Gasteiger partial charge in [0.2, 0.25) is 5.91 Å². The van der Waals surface area contributed by atoms with Crippen molar-refractivity contribution < 1.29 is 19.1 Å². The molecule has 2 amide bonds. The molecule has 0 spiro atoms. The molecule has 7 nitrogen and oxygen atoms in total. The number of carbonyl (C=O) groups is 2. The highest BCUT2D eigenvalue weighted by Crippen LogP contribution is 2.11. The number of likely N-dealkylation sites (tertiary alicyclic amines) is 1. The van der Waals surface area contributed by atoms with Crippen LogP contribution in [0.15, 0.2) is 0 Å². The standard InChI is InChI=1S/C15H27N3O4/c1-2-22-15(20)18-7-3-13(4-8-18)16-14(19)5-6-17-9-11-21-12-10-17/h13H,2-12H2,1H3,(H,16,19). The van der Waals surface area contributed by atoms with Crippen LogP contribution in [0.5, 0.6) is 0 Å². The second-order valence-corrected chi connectivity index (χ2v) is 5.73. The Morgan fingerprint density at radius 1 is 1.18 bits per heavy atom. The Kier molecular flexibility index (Phi) is 6.92. The van der Waals surface area contributed by atoms with E-state index in [0.29, 0.717) is 26.1 Å². The van der Waals surface area contributed by atoms with Gasteiger partial charge in [0.15, 0.2) is 0 Å². The first-order valence-corrected chi connectivity index (χ1v) is 8.20. The van der Waals surface area contributed by atoms with Crippen molar-refractivity contribution in [2.75, 3.05) is 52.5 Å². The molecule has 2 aliphatic heterocycles. The number of ether oxygens (including phenoxy) is 2. The first-order chi connectivity index (χ1) is 10.7. The van der Waals surface area contributed by atoms with Gasteiger partial charge in [-0.3, -0.25) is 9.69 Å². The molecule has 0 aromatic carbocycles. The predicted molar refractivity (Wildman–Crippen MR) is 81.6 cm³/mol. The highest BCUT2D eigenvalue weighted by atomic mass is 16.6. The third kappa shape index (κ3) is 5.46. The van der Waals surface area contributed by atoms with E-state index < -0.39 is 0 Å². The van der Waals surface area contributed by atoms with Crippen LogP contribution >= 0.6 is 0 Å². The van der Waals surface area contributed by atoms with Crippen molar-refractivity contribution in [3.8, 4) is 0 Å². The predicted octanol–water partition coefficient (Wildman–Crippen LogP) is 0.446. The molecule has 0 radical (unpaired) electrons. The molecule has 0 aliphatic carbocycles. The molecule has 2 rings (SSSR count). The molecule has 2 heterocycles. The van der Waals surface area contributed by atoms with Gasteiger partial charge in [0.25, 0.3) is 0 Å². The minimum absolute atomic E-state index is 0.0982. The molecule has 0 unspecified atom stereocenters. The van der Waals surface area contributed by atoms with E-state index in [1.54, 1.807) is 11.8 Å². The Hall–Kier alpha value is -1.34. The van der Waals surface area contributed by atoms with Crippen molar-refractivity contribution in [2.24, 2.45) is 0 Å². The normalized spacial score (nSPS) is 20.7. The molecule has 7 heteroatoms. The molecule has 0 aromatic rings. The third-order valence-corrected chi connectivity index (χ3v) is 4.14. The van der Waals surface area contributed by atoms with E-state index in [2.05, 4.69) is 10.2 Å². The molecule has 2 aliphatic rings. The summed E-state index contributed by atoms with van der Waals surface area (Å²) in [6.07, 6.45) is 1.86. The monoisotopic (exact) mass is 313 g/mol. The molecule has 0 atom stereocenters. The summed E-state index contributed by atoms with van der Waals surface area (Å²) in [7, 11) is 0. The summed E-state index contributed by atoms with van der Waals surface area (Å²) < 4.78 is 10.3. The van der Waals surface area contributed by atoms with Crippen LogP contribution in [0.1, 0.15) is 26.2 Å². The lowest BCUT2D eigenvalue weighted by Crippen LogP contribution is -2.47. The Bertz CT molecular complexity index is 364. The number of nitrogens with zero attached hydrogens (tertiary/aromatic N) is 2. The van der Waals surface area contributed by atoms with Crippen LogP contribution in [0.4, 0.5) is 4.79 Å². The fourth-order valence-electron chi connectivity index (χ4n) is 2.81. The van der Waals surface area contributed by atoms with Crippen LogP contribution in [0, 0.1) is 0 Å². The van der Waals surface area contributed by atoms with E-state index >= 15 is 0 Å². The average molecular weight is 313 g/mol. The summed E-state index contributed by atoms with van der Waals surface area (Å²) >= 11 is 0. The zero-order valence-electron chi connectivity index (χ0n) is 13.4. The first-order valence-electron chi connectivity index (χ1n) is 8.20. The maximum atomic E-state index is 12.0. The van der Waals surface area contributed by atoms with E-state index in [1.807, 2.05) is 0 Å². The van der Waals surface area contributed by atoms with Crippen LogP contribution in [0.2, 0.25) is 0 Å². The molecule has 1 N–H and O–H groups in total. The summed E-state index contributed by atoms with van der Waals surface area (Å²) in [5.41, 5.74) is 0. The summed E-state index contributed by atoms with van der Waals surface area (Å²) in [5, 5.41) is 3.07. The molecular weight excluding hydrogens is 286 g/mol. The summed E-state index contributed by atoms with van der Waals surface area (Å²) in [6, 6.07) is 0.169. The Morgan fingerprint density at radius 2 is 1.86 bits per heavy atom. The molecule has 22 heavy (non-hydrogen) atoms. The van der Waals surface area contributed by atoms with Gasteiger partial charge in [-0.05, 0) is 19.8 Å². The zero-order chi connectivity index (χ0) is 15.8. The van der Waals surface area contributed by atoms with Crippen molar-refractivity contribution in [3.63, 3.8) is 0 Å². The lowest BCUT2D eigenvalue weighted by Gasteiger charge is -2.32. The smallest absolute Gasteiger partial charge is 0.409 e. The fourth-order valence-corrected chi connectivity index (χ4v) is 2.81. The van der Waals surface area contributed by atoms with Gasteiger partial charge in [-0.15, -0.1) is 0 Å². The Balaban J connectivity index is 1.60. The van der Waals surface area contributed by atoms with E-state index in [4.69, 9.17) is 9.47 Å². The first kappa shape index (κ1) is 17.0. The van der Waals surface area contributed by atoms with Gasteiger partial charge in [-0.1, -0.05) is 0 Å². The molecule has 126 valence electrons. The number of hydrogen-bond acceptors (Lipinski definition) is 5. The summed E-state index contributed by atoms with van der Waals surface area (Å²) in [5.74, 6) is 0.0982. The Labute approximate surface area is 131 Å². The van der Waals surface area contributed by atoms with Gasteiger partial charge in [-0.2, -0.15) is 0 Å². The number of nitrogens with one attached hydrogen (secondary N) is 1. The average Bonchev–Trinajstić information content (AvgIpc) is 2.55. The van der Waals surface area contributed by atoms with Gasteiger partial charge in [-0.25, -0.2) is 4.79 Å². The largest absolute Gasteiger partial charge is 0.450 e. The van der Waals surface area contributed by atoms with E-state index in [1.165, 1.54) is 0 Å². The summed E-state index contributed by atoms with van der Waals surface area (Å²) in [6.45, 7) is 7.62. The van der Waals surface area contributed by atoms with Gasteiger partial charge >= 0.3 is 6.09 Å². The molecule has 0 aromatic heterocycles. The maximum Gasteiger partial charge on any atom is 0.409 e. The number of amides is 2. The van der Waals surface area contributed by atoms with E-state index in [0.717, 1.165) is 45.7 Å². The highest BCUT2D eigenvalue weighted by molar-refractivity contribution is 5.76. The van der Waals surface area contributed by atoms with Gasteiger partial charge in [0, 0.05) is 45.2 Å². The zero-order valence-corrected chi connectivity index (χ0v) is 13.4.